The predicted molar refractivity (Wildman–Crippen MR) is 124 cm³/mol. The molecule has 0 spiro atoms. The summed E-state index contributed by atoms with van der Waals surface area (Å²) in [7, 11) is 0. The van der Waals surface area contributed by atoms with Crippen LogP contribution in [0.3, 0.4) is 0 Å². The van der Waals surface area contributed by atoms with Gasteiger partial charge >= 0.3 is 5.97 Å². The molecular weight excluding hydrogens is 450 g/mol. The van der Waals surface area contributed by atoms with Gasteiger partial charge in [-0.25, -0.2) is 4.79 Å². The molecule has 178 valence electrons. The monoisotopic (exact) mass is 473 g/mol. The molecule has 0 atom stereocenters. The van der Waals surface area contributed by atoms with E-state index in [0.717, 1.165) is 16.7 Å². The first-order chi connectivity index (χ1) is 16.9. The van der Waals surface area contributed by atoms with E-state index in [1.54, 1.807) is 4.90 Å². The van der Waals surface area contributed by atoms with E-state index in [1.165, 1.54) is 0 Å². The highest BCUT2D eigenvalue weighted by Crippen LogP contribution is 2.25. The van der Waals surface area contributed by atoms with Crippen LogP contribution in [0, 0.1) is 11.8 Å². The Morgan fingerprint density at radius 2 is 1.51 bits per heavy atom. The van der Waals surface area contributed by atoms with Gasteiger partial charge in [-0.15, -0.1) is 5.06 Å². The SMILES string of the molecule is O=C(CCC(=O)ON1C(=O)CCC1=O)NCCC(=O)N1Cc2ccccc2C#Cc2ccccc21. The molecule has 9 heteroatoms. The van der Waals surface area contributed by atoms with Gasteiger partial charge in [0.05, 0.1) is 18.7 Å². The summed E-state index contributed by atoms with van der Waals surface area (Å²) >= 11 is 0. The average molecular weight is 473 g/mol. The molecule has 1 N–H and O–H groups in total. The number of nitrogens with one attached hydrogen (secondary N) is 1. The topological polar surface area (TPSA) is 113 Å². The van der Waals surface area contributed by atoms with Gasteiger partial charge in [0.15, 0.2) is 0 Å². The Morgan fingerprint density at radius 3 is 2.29 bits per heavy atom. The molecule has 2 heterocycles. The third-order valence-electron chi connectivity index (χ3n) is 5.59. The second kappa shape index (κ2) is 10.7. The number of carbonyl (C=O) groups is 5. The standard InChI is InChI=1S/C26H23N3O6/c30-22(11-14-26(34)35-29-24(32)12-13-25(29)33)27-16-15-23(31)28-17-20-7-2-1-5-18(20)9-10-19-6-3-4-8-21(19)28/h1-8H,11-17H2,(H,27,30). The minimum atomic E-state index is -0.850. The molecule has 0 aromatic heterocycles. The maximum Gasteiger partial charge on any atom is 0.333 e. The number of anilines is 1. The second-order valence-corrected chi connectivity index (χ2v) is 8.05. The summed E-state index contributed by atoms with van der Waals surface area (Å²) in [6.07, 6.45) is -0.442. The van der Waals surface area contributed by atoms with Crippen molar-refractivity contribution in [3.05, 3.63) is 65.2 Å². The van der Waals surface area contributed by atoms with Gasteiger partial charge in [-0.1, -0.05) is 42.2 Å². The fourth-order valence-electron chi connectivity index (χ4n) is 3.76. The van der Waals surface area contributed by atoms with Gasteiger partial charge < -0.3 is 15.1 Å². The van der Waals surface area contributed by atoms with Gasteiger partial charge in [0.25, 0.3) is 11.8 Å². The van der Waals surface area contributed by atoms with Crippen LogP contribution in [0.25, 0.3) is 0 Å². The van der Waals surface area contributed by atoms with Gasteiger partial charge in [0.1, 0.15) is 0 Å². The smallest absolute Gasteiger partial charge is 0.333 e. The molecule has 0 radical (unpaired) electrons. The number of imide groups is 1. The molecule has 2 aliphatic rings. The van der Waals surface area contributed by atoms with E-state index in [2.05, 4.69) is 17.2 Å². The highest BCUT2D eigenvalue weighted by atomic mass is 16.7. The lowest BCUT2D eigenvalue weighted by Crippen LogP contribution is -2.35. The first-order valence-electron chi connectivity index (χ1n) is 11.2. The summed E-state index contributed by atoms with van der Waals surface area (Å²) < 4.78 is 0. The van der Waals surface area contributed by atoms with Crippen molar-refractivity contribution in [2.75, 3.05) is 11.4 Å². The van der Waals surface area contributed by atoms with Crippen LogP contribution in [0.15, 0.2) is 48.5 Å². The van der Waals surface area contributed by atoms with E-state index in [4.69, 9.17) is 4.84 Å². The van der Waals surface area contributed by atoms with Gasteiger partial charge in [-0.05, 0) is 23.8 Å². The van der Waals surface area contributed by atoms with Crippen LogP contribution < -0.4 is 10.2 Å². The van der Waals surface area contributed by atoms with Crippen molar-refractivity contribution in [3.63, 3.8) is 0 Å². The summed E-state index contributed by atoms with van der Waals surface area (Å²) in [6.45, 7) is 0.441. The lowest BCUT2D eigenvalue weighted by molar-refractivity contribution is -0.197. The molecule has 0 saturated carbocycles. The first-order valence-corrected chi connectivity index (χ1v) is 11.2. The molecule has 0 unspecified atom stereocenters. The Hall–Kier alpha value is -4.45. The molecule has 0 aliphatic carbocycles. The highest BCUT2D eigenvalue weighted by Gasteiger charge is 2.32. The number of amides is 4. The van der Waals surface area contributed by atoms with Crippen molar-refractivity contribution in [2.45, 2.75) is 38.6 Å². The quantitative estimate of drug-likeness (QED) is 0.485. The Morgan fingerprint density at radius 1 is 0.857 bits per heavy atom. The number of carbonyl (C=O) groups excluding carboxylic acids is 5. The van der Waals surface area contributed by atoms with Gasteiger partial charge in [-0.2, -0.15) is 0 Å². The number of nitrogens with zero attached hydrogens (tertiary/aromatic N) is 2. The molecule has 4 rings (SSSR count). The number of para-hydroxylation sites is 1. The number of hydroxylamine groups is 2. The van der Waals surface area contributed by atoms with E-state index in [9.17, 15) is 24.0 Å². The fourth-order valence-corrected chi connectivity index (χ4v) is 3.76. The highest BCUT2D eigenvalue weighted by molar-refractivity contribution is 6.01. The summed E-state index contributed by atoms with van der Waals surface area (Å²) in [6, 6.07) is 15.1. The predicted octanol–water partition coefficient (Wildman–Crippen LogP) is 1.83. The second-order valence-electron chi connectivity index (χ2n) is 8.05. The fraction of sp³-hybridized carbons (Fsp3) is 0.269. The summed E-state index contributed by atoms with van der Waals surface area (Å²) in [5.74, 6) is 3.67. The van der Waals surface area contributed by atoms with Crippen molar-refractivity contribution < 1.29 is 28.8 Å². The number of hydrogen-bond acceptors (Lipinski definition) is 6. The average Bonchev–Trinajstić information content (AvgIpc) is 3.16. The Kier molecular flexibility index (Phi) is 7.21. The Labute approximate surface area is 202 Å². The number of benzene rings is 2. The zero-order chi connectivity index (χ0) is 24.8. The molecule has 4 amide bonds. The van der Waals surface area contributed by atoms with Crippen LogP contribution in [-0.4, -0.2) is 41.2 Å². The molecule has 1 fully saturated rings. The normalized spacial score (nSPS) is 14.2. The third-order valence-corrected chi connectivity index (χ3v) is 5.59. The van der Waals surface area contributed by atoms with Crippen molar-refractivity contribution >= 4 is 35.3 Å². The number of fused-ring (bicyclic) bond motifs is 2. The number of hydrogen-bond donors (Lipinski definition) is 1. The zero-order valence-corrected chi connectivity index (χ0v) is 18.9. The summed E-state index contributed by atoms with van der Waals surface area (Å²) in [5.41, 5.74) is 3.24. The van der Waals surface area contributed by atoms with E-state index in [0.29, 0.717) is 17.3 Å². The third kappa shape index (κ3) is 5.73. The van der Waals surface area contributed by atoms with Crippen LogP contribution >= 0.6 is 0 Å². The van der Waals surface area contributed by atoms with Crippen LogP contribution in [0.4, 0.5) is 5.69 Å². The molecule has 0 bridgehead atoms. The minimum absolute atomic E-state index is 0.000278. The van der Waals surface area contributed by atoms with Crippen molar-refractivity contribution in [1.82, 2.24) is 10.4 Å². The van der Waals surface area contributed by atoms with Crippen LogP contribution in [0.2, 0.25) is 0 Å². The Balaban J connectivity index is 1.30. The van der Waals surface area contributed by atoms with Gasteiger partial charge in [0.2, 0.25) is 11.8 Å². The maximum atomic E-state index is 13.1. The largest absolute Gasteiger partial charge is 0.356 e. The Bertz CT molecular complexity index is 1240. The van der Waals surface area contributed by atoms with Gasteiger partial charge in [0, 0.05) is 43.4 Å². The van der Waals surface area contributed by atoms with Crippen molar-refractivity contribution in [3.8, 4) is 11.8 Å². The van der Waals surface area contributed by atoms with Crippen molar-refractivity contribution in [2.24, 2.45) is 0 Å². The van der Waals surface area contributed by atoms with E-state index >= 15 is 0 Å². The zero-order valence-electron chi connectivity index (χ0n) is 18.9. The minimum Gasteiger partial charge on any atom is -0.356 e. The van der Waals surface area contributed by atoms with Crippen LogP contribution in [0.5, 0.6) is 0 Å². The molecule has 2 aromatic rings. The van der Waals surface area contributed by atoms with Crippen molar-refractivity contribution in [1.29, 1.82) is 0 Å². The van der Waals surface area contributed by atoms with E-state index < -0.39 is 23.7 Å². The first kappa shape index (κ1) is 23.7. The van der Waals surface area contributed by atoms with Crippen LogP contribution in [-0.2, 0) is 35.4 Å². The van der Waals surface area contributed by atoms with Crippen LogP contribution in [0.1, 0.15) is 48.8 Å². The molecule has 35 heavy (non-hydrogen) atoms. The summed E-state index contributed by atoms with van der Waals surface area (Å²) in [5, 5.41) is 3.07. The molecule has 2 aliphatic heterocycles. The maximum absolute atomic E-state index is 13.1. The molecular formula is C26H23N3O6. The lowest BCUT2D eigenvalue weighted by atomic mass is 10.0. The number of rotatable bonds is 7. The molecule has 2 aromatic carbocycles. The summed E-state index contributed by atoms with van der Waals surface area (Å²) in [4.78, 5) is 66.5. The van der Waals surface area contributed by atoms with E-state index in [-0.39, 0.29) is 44.6 Å². The van der Waals surface area contributed by atoms with E-state index in [1.807, 2.05) is 48.5 Å². The van der Waals surface area contributed by atoms with Gasteiger partial charge in [-0.3, -0.25) is 19.2 Å². The molecule has 9 nitrogen and oxygen atoms in total. The molecule has 1 saturated heterocycles. The lowest BCUT2D eigenvalue weighted by Gasteiger charge is -2.26.